The summed E-state index contributed by atoms with van der Waals surface area (Å²) in [5.74, 6) is 0.909. The van der Waals surface area contributed by atoms with Crippen LogP contribution in [0.15, 0.2) is 36.7 Å². The van der Waals surface area contributed by atoms with Gasteiger partial charge >= 0.3 is 0 Å². The third-order valence-electron chi connectivity index (χ3n) is 3.66. The zero-order valence-corrected chi connectivity index (χ0v) is 14.4. The minimum atomic E-state index is 0.216. The Hall–Kier alpha value is -1.69. The van der Waals surface area contributed by atoms with E-state index in [1.807, 2.05) is 42.0 Å². The van der Waals surface area contributed by atoms with Gasteiger partial charge in [0.2, 0.25) is 0 Å². The summed E-state index contributed by atoms with van der Waals surface area (Å²) in [7, 11) is 0. The average molecular weight is 348 g/mol. The molecule has 0 atom stereocenters. The highest BCUT2D eigenvalue weighted by molar-refractivity contribution is 7.14. The first-order valence-electron chi connectivity index (χ1n) is 7.56. The topological polar surface area (TPSA) is 50.9 Å². The van der Waals surface area contributed by atoms with Gasteiger partial charge in [-0.3, -0.25) is 4.57 Å². The van der Waals surface area contributed by atoms with Crippen LogP contribution in [0.5, 0.6) is 0 Å². The molecule has 1 aromatic carbocycles. The molecule has 0 saturated carbocycles. The lowest BCUT2D eigenvalue weighted by molar-refractivity contribution is 0.285. The first-order valence-corrected chi connectivity index (χ1v) is 8.76. The number of nitrogens with zero attached hydrogens (tertiary/aromatic N) is 3. The van der Waals surface area contributed by atoms with Crippen LogP contribution in [0.1, 0.15) is 23.5 Å². The second-order valence-electron chi connectivity index (χ2n) is 5.27. The molecule has 0 saturated heterocycles. The maximum absolute atomic E-state index is 9.02. The molecule has 0 aliphatic heterocycles. The van der Waals surface area contributed by atoms with Crippen LogP contribution in [0.4, 0.5) is 0 Å². The van der Waals surface area contributed by atoms with Crippen molar-refractivity contribution in [3.63, 3.8) is 0 Å². The Morgan fingerprint density at radius 1 is 1.26 bits per heavy atom. The lowest BCUT2D eigenvalue weighted by Gasteiger charge is -2.04. The summed E-state index contributed by atoms with van der Waals surface area (Å²) in [6, 6.07) is 7.78. The summed E-state index contributed by atoms with van der Waals surface area (Å²) >= 11 is 8.02. The fraction of sp³-hybridized carbons (Fsp3) is 0.294. The lowest BCUT2D eigenvalue weighted by Crippen LogP contribution is -1.94. The van der Waals surface area contributed by atoms with E-state index in [1.165, 1.54) is 4.88 Å². The Balaban J connectivity index is 2.04. The van der Waals surface area contributed by atoms with Crippen molar-refractivity contribution in [1.82, 2.24) is 14.5 Å². The smallest absolute Gasteiger partial charge is 0.195 e. The van der Waals surface area contributed by atoms with Gasteiger partial charge in [-0.15, -0.1) is 11.3 Å². The van der Waals surface area contributed by atoms with Gasteiger partial charge in [-0.1, -0.05) is 29.8 Å². The summed E-state index contributed by atoms with van der Waals surface area (Å²) in [6.07, 6.45) is 6.30. The van der Waals surface area contributed by atoms with Crippen molar-refractivity contribution in [2.24, 2.45) is 0 Å². The van der Waals surface area contributed by atoms with E-state index in [0.29, 0.717) is 5.02 Å². The molecular weight excluding hydrogens is 330 g/mol. The molecule has 3 rings (SSSR count). The fourth-order valence-corrected chi connectivity index (χ4v) is 3.83. The highest BCUT2D eigenvalue weighted by atomic mass is 35.5. The number of unbranched alkanes of at least 4 members (excludes halogenated alkanes) is 1. The molecule has 23 heavy (non-hydrogen) atoms. The van der Waals surface area contributed by atoms with Gasteiger partial charge in [0.05, 0.1) is 5.69 Å². The highest BCUT2D eigenvalue weighted by Gasteiger charge is 2.16. The number of imidazole rings is 1. The molecule has 0 amide bonds. The summed E-state index contributed by atoms with van der Waals surface area (Å²) in [6.45, 7) is 2.18. The number of hydrogen-bond acceptors (Lipinski definition) is 4. The number of rotatable bonds is 6. The molecule has 4 nitrogen and oxygen atoms in total. The Morgan fingerprint density at radius 2 is 2.09 bits per heavy atom. The van der Waals surface area contributed by atoms with E-state index < -0.39 is 0 Å². The molecule has 1 N–H and O–H groups in total. The molecule has 2 aromatic heterocycles. The largest absolute Gasteiger partial charge is 0.396 e. The molecule has 2 heterocycles. The molecule has 0 radical (unpaired) electrons. The Morgan fingerprint density at radius 3 is 2.78 bits per heavy atom. The van der Waals surface area contributed by atoms with E-state index in [0.717, 1.165) is 41.5 Å². The number of aliphatic hydroxyl groups excluding tert-OH is 1. The van der Waals surface area contributed by atoms with E-state index in [4.69, 9.17) is 21.7 Å². The zero-order valence-electron chi connectivity index (χ0n) is 12.9. The molecule has 120 valence electrons. The van der Waals surface area contributed by atoms with E-state index in [-0.39, 0.29) is 6.61 Å². The van der Waals surface area contributed by atoms with Crippen molar-refractivity contribution in [3.8, 4) is 16.4 Å². The maximum Gasteiger partial charge on any atom is 0.195 e. The van der Waals surface area contributed by atoms with Crippen LogP contribution in [0.2, 0.25) is 5.02 Å². The van der Waals surface area contributed by atoms with Gasteiger partial charge in [-0.2, -0.15) is 0 Å². The van der Waals surface area contributed by atoms with Crippen molar-refractivity contribution >= 4 is 22.9 Å². The second-order valence-corrected chi connectivity index (χ2v) is 6.74. The number of aryl methyl sites for hydroxylation is 2. The van der Waals surface area contributed by atoms with Gasteiger partial charge < -0.3 is 5.11 Å². The van der Waals surface area contributed by atoms with Crippen LogP contribution < -0.4 is 0 Å². The van der Waals surface area contributed by atoms with Gasteiger partial charge in [-0.05, 0) is 32.3 Å². The van der Waals surface area contributed by atoms with Crippen molar-refractivity contribution in [2.45, 2.75) is 26.2 Å². The van der Waals surface area contributed by atoms with E-state index in [1.54, 1.807) is 17.5 Å². The van der Waals surface area contributed by atoms with Crippen LogP contribution >= 0.6 is 22.9 Å². The number of hydrogen-bond donors (Lipinski definition) is 1. The lowest BCUT2D eigenvalue weighted by atomic mass is 10.1. The Kier molecular flexibility index (Phi) is 5.10. The van der Waals surface area contributed by atoms with Crippen LogP contribution in [0, 0.1) is 6.92 Å². The van der Waals surface area contributed by atoms with Crippen molar-refractivity contribution in [2.75, 3.05) is 6.61 Å². The zero-order chi connectivity index (χ0) is 16.2. The normalized spacial score (nSPS) is 11.1. The summed E-state index contributed by atoms with van der Waals surface area (Å²) in [5.41, 5.74) is 1.88. The quantitative estimate of drug-likeness (QED) is 0.677. The monoisotopic (exact) mass is 347 g/mol. The van der Waals surface area contributed by atoms with Crippen molar-refractivity contribution in [1.29, 1.82) is 0 Å². The minimum Gasteiger partial charge on any atom is -0.396 e. The fourth-order valence-electron chi connectivity index (χ4n) is 2.45. The third kappa shape index (κ3) is 3.47. The summed E-state index contributed by atoms with van der Waals surface area (Å²) in [5, 5.41) is 10.6. The molecule has 6 heteroatoms. The van der Waals surface area contributed by atoms with E-state index in [9.17, 15) is 0 Å². The molecule has 0 aliphatic rings. The van der Waals surface area contributed by atoms with Crippen molar-refractivity contribution in [3.05, 3.63) is 52.4 Å². The third-order valence-corrected chi connectivity index (χ3v) is 5.10. The predicted octanol–water partition coefficient (Wildman–Crippen LogP) is 4.27. The van der Waals surface area contributed by atoms with Gasteiger partial charge in [-0.25, -0.2) is 9.97 Å². The molecule has 3 aromatic rings. The number of halogens is 1. The molecule has 0 bridgehead atoms. The van der Waals surface area contributed by atoms with Gasteiger partial charge in [0.25, 0.3) is 0 Å². The first-order chi connectivity index (χ1) is 11.2. The first kappa shape index (κ1) is 16.2. The Bertz CT molecular complexity index is 797. The highest BCUT2D eigenvalue weighted by Crippen LogP contribution is 2.35. The maximum atomic E-state index is 9.02. The van der Waals surface area contributed by atoms with E-state index >= 15 is 0 Å². The number of thiazole rings is 1. The summed E-state index contributed by atoms with van der Waals surface area (Å²) in [4.78, 5) is 10.3. The van der Waals surface area contributed by atoms with Gasteiger partial charge in [0.15, 0.2) is 5.13 Å². The number of aromatic nitrogens is 3. The second kappa shape index (κ2) is 7.25. The van der Waals surface area contributed by atoms with Gasteiger partial charge in [0, 0.05) is 34.5 Å². The number of benzene rings is 1. The van der Waals surface area contributed by atoms with E-state index in [2.05, 4.69) is 4.98 Å². The summed E-state index contributed by atoms with van der Waals surface area (Å²) < 4.78 is 1.99. The molecule has 0 unspecified atom stereocenters. The van der Waals surface area contributed by atoms with Gasteiger partial charge in [0.1, 0.15) is 5.82 Å². The van der Waals surface area contributed by atoms with Crippen LogP contribution in [0.3, 0.4) is 0 Å². The average Bonchev–Trinajstić information content (AvgIpc) is 3.14. The molecule has 0 spiro atoms. The Labute approximate surface area is 144 Å². The SMILES string of the molecule is Cc1nccn1-c1nc(-c2ccccc2Cl)c(CCCCO)s1. The molecule has 0 aliphatic carbocycles. The van der Waals surface area contributed by atoms with Crippen molar-refractivity contribution < 1.29 is 5.11 Å². The predicted molar refractivity (Wildman–Crippen MR) is 94.4 cm³/mol. The van der Waals surface area contributed by atoms with Crippen LogP contribution in [-0.4, -0.2) is 26.2 Å². The molecular formula is C17H18ClN3OS. The van der Waals surface area contributed by atoms with Crippen LogP contribution in [0.25, 0.3) is 16.4 Å². The number of aliphatic hydroxyl groups is 1. The van der Waals surface area contributed by atoms with Crippen LogP contribution in [-0.2, 0) is 6.42 Å². The minimum absolute atomic E-state index is 0.216. The standard InChI is InChI=1S/C17H18ClN3OS/c1-12-19-9-10-21(12)17-20-16(13-6-2-3-7-14(13)18)15(23-17)8-4-5-11-22/h2-3,6-7,9-10,22H,4-5,8,11H2,1H3. The molecule has 0 fully saturated rings.